The minimum Gasteiger partial charge on any atom is -0.358 e. The Hall–Kier alpha value is -1.10. The number of likely N-dealkylation sites (N-methyl/N-ethyl adjacent to an activating group) is 2. The monoisotopic (exact) mass is 269 g/mol. The molecule has 19 heavy (non-hydrogen) atoms. The van der Waals surface area contributed by atoms with Crippen LogP contribution in [0.2, 0.25) is 0 Å². The predicted octanol–water partition coefficient (Wildman–Crippen LogP) is 0.879. The normalized spacial score (nSPS) is 22.9. The Morgan fingerprint density at radius 2 is 1.89 bits per heavy atom. The summed E-state index contributed by atoms with van der Waals surface area (Å²) in [7, 11) is 1.59. The lowest BCUT2D eigenvalue weighted by atomic mass is 9.84. The van der Waals surface area contributed by atoms with Crippen LogP contribution < -0.4 is 11.1 Å². The lowest BCUT2D eigenvalue weighted by Gasteiger charge is -2.27. The Balaban J connectivity index is 2.30. The molecule has 0 unspecified atom stereocenters. The third-order valence-corrected chi connectivity index (χ3v) is 4.01. The summed E-state index contributed by atoms with van der Waals surface area (Å²) in [6.07, 6.45) is 5.90. The lowest BCUT2D eigenvalue weighted by Crippen LogP contribution is -2.39. The summed E-state index contributed by atoms with van der Waals surface area (Å²) >= 11 is 0. The van der Waals surface area contributed by atoms with Crippen LogP contribution in [0.5, 0.6) is 0 Å². The van der Waals surface area contributed by atoms with Crippen LogP contribution in [0.25, 0.3) is 0 Å². The van der Waals surface area contributed by atoms with Crippen molar-refractivity contribution in [3.05, 3.63) is 0 Å². The molecule has 0 aromatic carbocycles. The van der Waals surface area contributed by atoms with Crippen LogP contribution in [0, 0.1) is 5.92 Å². The molecule has 1 aliphatic rings. The van der Waals surface area contributed by atoms with Crippen molar-refractivity contribution in [3.63, 3.8) is 0 Å². The van der Waals surface area contributed by atoms with E-state index in [4.69, 9.17) is 5.73 Å². The van der Waals surface area contributed by atoms with Gasteiger partial charge in [0.05, 0.1) is 6.54 Å². The van der Waals surface area contributed by atoms with Gasteiger partial charge in [-0.25, -0.2) is 0 Å². The van der Waals surface area contributed by atoms with Crippen LogP contribution in [-0.2, 0) is 9.59 Å². The maximum atomic E-state index is 12.1. The van der Waals surface area contributed by atoms with E-state index in [2.05, 4.69) is 5.32 Å². The quantitative estimate of drug-likeness (QED) is 0.751. The molecule has 2 amide bonds. The fourth-order valence-corrected chi connectivity index (χ4v) is 2.59. The zero-order chi connectivity index (χ0) is 14.3. The van der Waals surface area contributed by atoms with E-state index in [0.717, 1.165) is 32.1 Å². The fourth-order valence-electron chi connectivity index (χ4n) is 2.59. The van der Waals surface area contributed by atoms with Gasteiger partial charge >= 0.3 is 0 Å². The molecule has 1 aliphatic carbocycles. The number of hydrogen-bond donors (Lipinski definition) is 2. The van der Waals surface area contributed by atoms with Gasteiger partial charge in [-0.3, -0.25) is 9.59 Å². The molecule has 110 valence electrons. The molecule has 0 aromatic rings. The number of amides is 2. The van der Waals surface area contributed by atoms with E-state index in [-0.39, 0.29) is 18.4 Å². The number of nitrogens with one attached hydrogen (secondary N) is 1. The average molecular weight is 269 g/mol. The summed E-state index contributed by atoms with van der Waals surface area (Å²) in [4.78, 5) is 25.0. The van der Waals surface area contributed by atoms with Gasteiger partial charge in [-0.15, -0.1) is 0 Å². The number of nitrogens with two attached hydrogens (primary N) is 1. The molecule has 5 heteroatoms. The van der Waals surface area contributed by atoms with E-state index in [0.29, 0.717) is 24.9 Å². The summed E-state index contributed by atoms with van der Waals surface area (Å²) in [6.45, 7) is 2.66. The number of rotatable bonds is 6. The van der Waals surface area contributed by atoms with Gasteiger partial charge in [-0.2, -0.15) is 0 Å². The summed E-state index contributed by atoms with van der Waals surface area (Å²) in [5.74, 6) is 0.599. The fraction of sp³-hybridized carbons (Fsp3) is 0.857. The Kier molecular flexibility index (Phi) is 6.84. The Morgan fingerprint density at radius 3 is 2.42 bits per heavy atom. The van der Waals surface area contributed by atoms with Crippen LogP contribution in [0.15, 0.2) is 0 Å². The molecule has 1 rings (SSSR count). The van der Waals surface area contributed by atoms with Gasteiger partial charge in [-0.05, 0) is 44.9 Å². The van der Waals surface area contributed by atoms with Gasteiger partial charge in [0.25, 0.3) is 0 Å². The maximum absolute atomic E-state index is 12.1. The van der Waals surface area contributed by atoms with E-state index < -0.39 is 0 Å². The van der Waals surface area contributed by atoms with Gasteiger partial charge in [0.2, 0.25) is 11.8 Å². The molecule has 0 saturated heterocycles. The first-order valence-corrected chi connectivity index (χ1v) is 7.30. The molecule has 0 heterocycles. The van der Waals surface area contributed by atoms with Gasteiger partial charge in [0.15, 0.2) is 0 Å². The van der Waals surface area contributed by atoms with Crippen molar-refractivity contribution < 1.29 is 9.59 Å². The molecule has 0 spiro atoms. The zero-order valence-electron chi connectivity index (χ0n) is 12.2. The van der Waals surface area contributed by atoms with Crippen molar-refractivity contribution in [2.75, 3.05) is 20.1 Å². The molecule has 0 aromatic heterocycles. The number of hydrogen-bond acceptors (Lipinski definition) is 3. The summed E-state index contributed by atoms with van der Waals surface area (Å²) in [5.41, 5.74) is 5.87. The lowest BCUT2D eigenvalue weighted by molar-refractivity contribution is -0.136. The predicted molar refractivity (Wildman–Crippen MR) is 75.5 cm³/mol. The van der Waals surface area contributed by atoms with Crippen LogP contribution in [0.1, 0.15) is 45.4 Å². The molecule has 0 bridgehead atoms. The Bertz CT molecular complexity index is 299. The van der Waals surface area contributed by atoms with E-state index in [1.807, 2.05) is 6.92 Å². The third-order valence-electron chi connectivity index (χ3n) is 4.01. The molecule has 1 saturated carbocycles. The highest BCUT2D eigenvalue weighted by molar-refractivity contribution is 5.84. The van der Waals surface area contributed by atoms with Crippen LogP contribution >= 0.6 is 0 Å². The second kappa shape index (κ2) is 8.15. The molecule has 3 N–H and O–H groups in total. The second-order valence-electron chi connectivity index (χ2n) is 5.40. The van der Waals surface area contributed by atoms with Crippen molar-refractivity contribution in [3.8, 4) is 0 Å². The highest BCUT2D eigenvalue weighted by Crippen LogP contribution is 2.27. The van der Waals surface area contributed by atoms with Crippen LogP contribution in [0.4, 0.5) is 0 Å². The number of nitrogens with zero attached hydrogens (tertiary/aromatic N) is 1. The molecule has 5 nitrogen and oxygen atoms in total. The molecular weight excluding hydrogens is 242 g/mol. The zero-order valence-corrected chi connectivity index (χ0v) is 12.2. The molecule has 0 aliphatic heterocycles. The standard InChI is InChI=1S/C14H27N3O2/c1-3-17(10-13(18)16-2)14(19)9-6-11-4-7-12(15)8-5-11/h11-12H,3-10,15H2,1-2H3,(H,16,18). The van der Waals surface area contributed by atoms with E-state index in [1.165, 1.54) is 0 Å². The van der Waals surface area contributed by atoms with E-state index in [9.17, 15) is 9.59 Å². The Labute approximate surface area is 115 Å². The molecule has 0 atom stereocenters. The highest BCUT2D eigenvalue weighted by atomic mass is 16.2. The van der Waals surface area contributed by atoms with Gasteiger partial charge in [0, 0.05) is 26.1 Å². The minimum atomic E-state index is -0.112. The number of carbonyl (C=O) groups is 2. The van der Waals surface area contributed by atoms with Crippen molar-refractivity contribution in [2.45, 2.75) is 51.5 Å². The molecule has 0 radical (unpaired) electrons. The SMILES string of the molecule is CCN(CC(=O)NC)C(=O)CCC1CCC(N)CC1. The van der Waals surface area contributed by atoms with Crippen molar-refractivity contribution in [1.29, 1.82) is 0 Å². The first kappa shape index (κ1) is 16.0. The topological polar surface area (TPSA) is 75.4 Å². The van der Waals surface area contributed by atoms with Gasteiger partial charge in [-0.1, -0.05) is 0 Å². The second-order valence-corrected chi connectivity index (χ2v) is 5.40. The van der Waals surface area contributed by atoms with Crippen LogP contribution in [-0.4, -0.2) is 42.9 Å². The minimum absolute atomic E-state index is 0.0842. The van der Waals surface area contributed by atoms with Gasteiger partial charge in [0.1, 0.15) is 0 Å². The molecular formula is C14H27N3O2. The van der Waals surface area contributed by atoms with Crippen LogP contribution in [0.3, 0.4) is 0 Å². The first-order chi connectivity index (χ1) is 9.06. The first-order valence-electron chi connectivity index (χ1n) is 7.30. The van der Waals surface area contributed by atoms with E-state index in [1.54, 1.807) is 11.9 Å². The van der Waals surface area contributed by atoms with Crippen molar-refractivity contribution in [2.24, 2.45) is 11.7 Å². The number of carbonyl (C=O) groups excluding carboxylic acids is 2. The summed E-state index contributed by atoms with van der Waals surface area (Å²) < 4.78 is 0. The molecule has 1 fully saturated rings. The highest BCUT2D eigenvalue weighted by Gasteiger charge is 2.21. The van der Waals surface area contributed by atoms with Gasteiger partial charge < -0.3 is 16.0 Å². The summed E-state index contributed by atoms with van der Waals surface area (Å²) in [6, 6.07) is 0.354. The van der Waals surface area contributed by atoms with E-state index >= 15 is 0 Å². The largest absolute Gasteiger partial charge is 0.358 e. The Morgan fingerprint density at radius 1 is 1.26 bits per heavy atom. The average Bonchev–Trinajstić information content (AvgIpc) is 2.43. The van der Waals surface area contributed by atoms with Crippen molar-refractivity contribution >= 4 is 11.8 Å². The summed E-state index contributed by atoms with van der Waals surface area (Å²) in [5, 5.41) is 2.55. The third kappa shape index (κ3) is 5.59. The van der Waals surface area contributed by atoms with Crippen molar-refractivity contribution in [1.82, 2.24) is 10.2 Å². The smallest absolute Gasteiger partial charge is 0.239 e. The maximum Gasteiger partial charge on any atom is 0.239 e.